The number of likely N-dealkylation sites (tertiary alicyclic amines) is 1. The first-order valence-corrected chi connectivity index (χ1v) is 8.63. The second-order valence-corrected chi connectivity index (χ2v) is 6.47. The Balaban J connectivity index is 1.72. The molecule has 1 aliphatic heterocycles. The number of amides is 3. The van der Waals surface area contributed by atoms with Crippen molar-refractivity contribution in [2.75, 3.05) is 39.0 Å². The van der Waals surface area contributed by atoms with Gasteiger partial charge in [-0.1, -0.05) is 6.07 Å². The molecule has 26 heavy (non-hydrogen) atoms. The van der Waals surface area contributed by atoms with Crippen LogP contribution in [0.1, 0.15) is 19.3 Å². The van der Waals surface area contributed by atoms with Gasteiger partial charge in [0, 0.05) is 45.0 Å². The van der Waals surface area contributed by atoms with Crippen LogP contribution in [0.5, 0.6) is 0 Å². The molecule has 1 atom stereocenters. The maximum absolute atomic E-state index is 12.1. The highest BCUT2D eigenvalue weighted by atomic mass is 16.6. The zero-order valence-electron chi connectivity index (χ0n) is 15.1. The third-order valence-electron chi connectivity index (χ3n) is 4.31. The van der Waals surface area contributed by atoms with E-state index in [2.05, 4.69) is 15.5 Å². The van der Waals surface area contributed by atoms with Crippen molar-refractivity contribution in [1.82, 2.24) is 15.1 Å². The Hall–Kier alpha value is -2.68. The van der Waals surface area contributed by atoms with Crippen molar-refractivity contribution >= 4 is 23.3 Å². The van der Waals surface area contributed by atoms with E-state index in [-0.39, 0.29) is 17.6 Å². The van der Waals surface area contributed by atoms with Crippen molar-refractivity contribution < 1.29 is 14.5 Å². The molecule has 0 saturated carbocycles. The molecule has 1 fully saturated rings. The molecule has 3 amide bonds. The molecule has 0 radical (unpaired) electrons. The van der Waals surface area contributed by atoms with Gasteiger partial charge < -0.3 is 15.5 Å². The van der Waals surface area contributed by atoms with E-state index in [9.17, 15) is 19.7 Å². The van der Waals surface area contributed by atoms with E-state index in [1.54, 1.807) is 25.1 Å². The Bertz CT molecular complexity index is 664. The summed E-state index contributed by atoms with van der Waals surface area (Å²) in [5.74, 6) is 0.124. The SMILES string of the molecule is CN(C)C(=O)C1CCCN1CCCNC(=O)Nc1cccc([N+](=O)[O-])c1. The van der Waals surface area contributed by atoms with Gasteiger partial charge in [-0.3, -0.25) is 19.8 Å². The molecule has 142 valence electrons. The first-order valence-electron chi connectivity index (χ1n) is 8.63. The number of hydrogen-bond acceptors (Lipinski definition) is 5. The molecule has 1 saturated heterocycles. The molecule has 0 aromatic heterocycles. The monoisotopic (exact) mass is 363 g/mol. The minimum absolute atomic E-state index is 0.0660. The van der Waals surface area contributed by atoms with E-state index in [4.69, 9.17) is 0 Å². The summed E-state index contributed by atoms with van der Waals surface area (Å²) in [6, 6.07) is 5.31. The highest BCUT2D eigenvalue weighted by molar-refractivity contribution is 5.89. The lowest BCUT2D eigenvalue weighted by Gasteiger charge is -2.26. The average molecular weight is 363 g/mol. The van der Waals surface area contributed by atoms with Gasteiger partial charge in [0.05, 0.1) is 11.0 Å². The van der Waals surface area contributed by atoms with E-state index in [1.807, 2.05) is 0 Å². The lowest BCUT2D eigenvalue weighted by molar-refractivity contribution is -0.384. The number of carbonyl (C=O) groups is 2. The number of likely N-dealkylation sites (N-methyl/N-ethyl adjacent to an activating group) is 1. The van der Waals surface area contributed by atoms with Crippen molar-refractivity contribution in [3.05, 3.63) is 34.4 Å². The number of carbonyl (C=O) groups excluding carboxylic acids is 2. The molecule has 1 aromatic carbocycles. The highest BCUT2D eigenvalue weighted by Crippen LogP contribution is 2.19. The predicted molar refractivity (Wildman–Crippen MR) is 98.0 cm³/mol. The fraction of sp³-hybridized carbons (Fsp3) is 0.529. The molecule has 1 aromatic rings. The van der Waals surface area contributed by atoms with Crippen LogP contribution in [-0.2, 0) is 4.79 Å². The molecule has 1 aliphatic rings. The van der Waals surface area contributed by atoms with Gasteiger partial charge >= 0.3 is 6.03 Å². The third kappa shape index (κ3) is 5.41. The second-order valence-electron chi connectivity index (χ2n) is 6.47. The Morgan fingerprint density at radius 3 is 2.85 bits per heavy atom. The van der Waals surface area contributed by atoms with Gasteiger partial charge in [0.15, 0.2) is 0 Å². The molecular formula is C17H25N5O4. The fourth-order valence-electron chi connectivity index (χ4n) is 3.03. The van der Waals surface area contributed by atoms with Gasteiger partial charge in [0.1, 0.15) is 0 Å². The second kappa shape index (κ2) is 9.14. The maximum Gasteiger partial charge on any atom is 0.319 e. The van der Waals surface area contributed by atoms with Crippen LogP contribution in [0.15, 0.2) is 24.3 Å². The lowest BCUT2D eigenvalue weighted by Crippen LogP contribution is -2.43. The molecule has 2 N–H and O–H groups in total. The quantitative estimate of drug-likeness (QED) is 0.435. The largest absolute Gasteiger partial charge is 0.347 e. The van der Waals surface area contributed by atoms with Gasteiger partial charge in [-0.2, -0.15) is 0 Å². The van der Waals surface area contributed by atoms with E-state index in [0.717, 1.165) is 32.4 Å². The van der Waals surface area contributed by atoms with Crippen LogP contribution in [0.25, 0.3) is 0 Å². The minimum atomic E-state index is -0.509. The van der Waals surface area contributed by atoms with Crippen molar-refractivity contribution in [2.24, 2.45) is 0 Å². The standard InChI is InChI=1S/C17H25N5O4/c1-20(2)16(23)15-8-4-10-21(15)11-5-9-18-17(24)19-13-6-3-7-14(12-13)22(25)26/h3,6-7,12,15H,4-5,8-11H2,1-2H3,(H2,18,19,24). The Morgan fingerprint density at radius 1 is 1.38 bits per heavy atom. The average Bonchev–Trinajstić information content (AvgIpc) is 3.06. The van der Waals surface area contributed by atoms with Gasteiger partial charge in [-0.25, -0.2) is 4.79 Å². The van der Waals surface area contributed by atoms with E-state index >= 15 is 0 Å². The smallest absolute Gasteiger partial charge is 0.319 e. The number of anilines is 1. The Labute approximate surface area is 152 Å². The summed E-state index contributed by atoms with van der Waals surface area (Å²) >= 11 is 0. The van der Waals surface area contributed by atoms with Crippen molar-refractivity contribution in [3.8, 4) is 0 Å². The third-order valence-corrected chi connectivity index (χ3v) is 4.31. The highest BCUT2D eigenvalue weighted by Gasteiger charge is 2.30. The molecule has 1 unspecified atom stereocenters. The maximum atomic E-state index is 12.1. The predicted octanol–water partition coefficient (Wildman–Crippen LogP) is 1.66. The summed E-state index contributed by atoms with van der Waals surface area (Å²) in [5.41, 5.74) is 0.293. The summed E-state index contributed by atoms with van der Waals surface area (Å²) in [5, 5.41) is 16.0. The Kier molecular flexibility index (Phi) is 6.90. The van der Waals surface area contributed by atoms with Gasteiger partial charge in [-0.05, 0) is 31.9 Å². The van der Waals surface area contributed by atoms with Crippen LogP contribution in [0, 0.1) is 10.1 Å². The minimum Gasteiger partial charge on any atom is -0.347 e. The summed E-state index contributed by atoms with van der Waals surface area (Å²) in [6.45, 7) is 2.09. The number of non-ortho nitro benzene ring substituents is 1. The van der Waals surface area contributed by atoms with E-state index in [1.165, 1.54) is 18.2 Å². The van der Waals surface area contributed by atoms with Crippen LogP contribution in [-0.4, -0.2) is 66.4 Å². The van der Waals surface area contributed by atoms with Gasteiger partial charge in [0.2, 0.25) is 5.91 Å². The molecule has 9 heteroatoms. The van der Waals surface area contributed by atoms with E-state index in [0.29, 0.717) is 12.2 Å². The summed E-state index contributed by atoms with van der Waals surface area (Å²) in [4.78, 5) is 38.0. The van der Waals surface area contributed by atoms with Crippen LogP contribution in [0.4, 0.5) is 16.2 Å². The number of hydrogen-bond donors (Lipinski definition) is 2. The van der Waals surface area contributed by atoms with Crippen molar-refractivity contribution in [1.29, 1.82) is 0 Å². The molecule has 0 aliphatic carbocycles. The zero-order valence-corrected chi connectivity index (χ0v) is 15.1. The number of nitrogens with zero attached hydrogens (tertiary/aromatic N) is 3. The molecule has 9 nitrogen and oxygen atoms in total. The lowest BCUT2D eigenvalue weighted by atomic mass is 10.2. The molecular weight excluding hydrogens is 338 g/mol. The first kappa shape index (κ1) is 19.6. The fourth-order valence-corrected chi connectivity index (χ4v) is 3.03. The van der Waals surface area contributed by atoms with Crippen molar-refractivity contribution in [3.63, 3.8) is 0 Å². The molecule has 1 heterocycles. The number of benzene rings is 1. The topological polar surface area (TPSA) is 108 Å². The Morgan fingerprint density at radius 2 is 2.15 bits per heavy atom. The van der Waals surface area contributed by atoms with Crippen LogP contribution in [0.2, 0.25) is 0 Å². The van der Waals surface area contributed by atoms with Gasteiger partial charge in [0.25, 0.3) is 5.69 Å². The van der Waals surface area contributed by atoms with Gasteiger partial charge in [-0.15, -0.1) is 0 Å². The summed E-state index contributed by atoms with van der Waals surface area (Å²) < 4.78 is 0. The molecule has 0 spiro atoms. The summed E-state index contributed by atoms with van der Waals surface area (Å²) in [6.07, 6.45) is 2.60. The normalized spacial score (nSPS) is 16.9. The van der Waals surface area contributed by atoms with E-state index < -0.39 is 11.0 Å². The van der Waals surface area contributed by atoms with Crippen LogP contribution < -0.4 is 10.6 Å². The number of nitro groups is 1. The molecule has 0 bridgehead atoms. The van der Waals surface area contributed by atoms with Crippen LogP contribution >= 0.6 is 0 Å². The number of nitro benzene ring substituents is 1. The number of nitrogens with one attached hydrogen (secondary N) is 2. The number of rotatable bonds is 7. The summed E-state index contributed by atoms with van der Waals surface area (Å²) in [7, 11) is 3.53. The van der Waals surface area contributed by atoms with Crippen LogP contribution in [0.3, 0.4) is 0 Å². The first-order chi connectivity index (χ1) is 12.4. The zero-order chi connectivity index (χ0) is 19.1. The molecule has 2 rings (SSSR count). The van der Waals surface area contributed by atoms with Crippen molar-refractivity contribution in [2.45, 2.75) is 25.3 Å². The number of urea groups is 1.